The minimum atomic E-state index is -4.37. The highest BCUT2D eigenvalue weighted by atomic mass is 32.2. The fraction of sp³-hybridized carbons (Fsp3) is 0.333. The molecule has 0 unspecified atom stereocenters. The van der Waals surface area contributed by atoms with Crippen molar-refractivity contribution in [2.45, 2.75) is 35.1 Å². The van der Waals surface area contributed by atoms with Gasteiger partial charge in [-0.25, -0.2) is 32.1 Å². The van der Waals surface area contributed by atoms with Crippen LogP contribution in [0.1, 0.15) is 18.9 Å². The number of thiophene rings is 1. The summed E-state index contributed by atoms with van der Waals surface area (Å²) in [5.41, 5.74) is -0.625. The van der Waals surface area contributed by atoms with Crippen LogP contribution in [0.3, 0.4) is 0 Å². The van der Waals surface area contributed by atoms with E-state index in [-0.39, 0.29) is 28.6 Å². The lowest BCUT2D eigenvalue weighted by atomic mass is 9.69. The third-order valence-electron chi connectivity index (χ3n) is 7.32. The van der Waals surface area contributed by atoms with Gasteiger partial charge >= 0.3 is 17.9 Å². The number of nitrogens with zero attached hydrogens (tertiary/aromatic N) is 3. The molecular weight excluding hydrogens is 558 g/mol. The topological polar surface area (TPSA) is 132 Å². The number of aliphatic imine (C=N–C) groups is 1. The maximum absolute atomic E-state index is 14.1. The van der Waals surface area contributed by atoms with Gasteiger partial charge < -0.3 is 19.1 Å². The standard InChI is InChI=1S/C27H25N3O8S2/c1-5-6-13-29-17-11-8-7-10-16(17)27-15-18(23(31)36-2)30(40(34,35)19-12-9-14-39-19)26(27)28-21(25(33)38-4)20(22(27)29)24(32)37-3/h7-12,14,18,22H,13,15H2,1-4H3/t18-,22-,27-/m0/s1. The molecule has 3 atom stereocenters. The van der Waals surface area contributed by atoms with Crippen LogP contribution in [0.25, 0.3) is 0 Å². The third-order valence-corrected chi connectivity index (χ3v) is 10.5. The summed E-state index contributed by atoms with van der Waals surface area (Å²) in [6, 6.07) is 7.83. The number of amidine groups is 1. The largest absolute Gasteiger partial charge is 0.467 e. The number of carbonyl (C=O) groups is 3. The van der Waals surface area contributed by atoms with Crippen molar-refractivity contribution in [3.8, 4) is 11.8 Å². The van der Waals surface area contributed by atoms with E-state index in [1.54, 1.807) is 36.6 Å². The van der Waals surface area contributed by atoms with E-state index in [1.165, 1.54) is 20.3 Å². The second-order valence-corrected chi connectivity index (χ2v) is 12.1. The highest BCUT2D eigenvalue weighted by molar-refractivity contribution is 7.91. The molecule has 1 aromatic carbocycles. The van der Waals surface area contributed by atoms with Gasteiger partial charge in [-0.3, -0.25) is 0 Å². The van der Waals surface area contributed by atoms with Crippen molar-refractivity contribution >= 4 is 50.8 Å². The van der Waals surface area contributed by atoms with E-state index in [2.05, 4.69) is 16.8 Å². The predicted octanol–water partition coefficient (Wildman–Crippen LogP) is 1.85. The van der Waals surface area contributed by atoms with Gasteiger partial charge in [0, 0.05) is 5.69 Å². The monoisotopic (exact) mass is 583 g/mol. The smallest absolute Gasteiger partial charge is 0.357 e. The molecular formula is C27H25N3O8S2. The number of carbonyl (C=O) groups excluding carboxylic acids is 3. The fourth-order valence-corrected chi connectivity index (χ4v) is 8.52. The highest BCUT2D eigenvalue weighted by Gasteiger charge is 2.68. The molecule has 1 fully saturated rings. The second-order valence-electron chi connectivity index (χ2n) is 9.10. The van der Waals surface area contributed by atoms with Gasteiger partial charge in [0.25, 0.3) is 10.0 Å². The highest BCUT2D eigenvalue weighted by Crippen LogP contribution is 2.58. The van der Waals surface area contributed by atoms with Crippen molar-refractivity contribution < 1.29 is 37.0 Å². The summed E-state index contributed by atoms with van der Waals surface area (Å²) in [6.07, 6.45) is -0.115. The van der Waals surface area contributed by atoms with E-state index in [0.717, 1.165) is 22.8 Å². The van der Waals surface area contributed by atoms with E-state index >= 15 is 0 Å². The Balaban J connectivity index is 1.91. The summed E-state index contributed by atoms with van der Waals surface area (Å²) in [5, 5.41) is 1.60. The Morgan fingerprint density at radius 1 is 1.07 bits per heavy atom. The molecule has 3 aliphatic rings. The molecule has 0 N–H and O–H groups in total. The molecule has 1 spiro atoms. The van der Waals surface area contributed by atoms with Crippen molar-refractivity contribution in [2.75, 3.05) is 32.8 Å². The molecule has 0 bridgehead atoms. The maximum Gasteiger partial charge on any atom is 0.357 e. The minimum Gasteiger partial charge on any atom is -0.467 e. The Bertz CT molecular complexity index is 1630. The van der Waals surface area contributed by atoms with Crippen LogP contribution in [0.15, 0.2) is 62.2 Å². The van der Waals surface area contributed by atoms with Crippen LogP contribution in [-0.2, 0) is 44.0 Å². The predicted molar refractivity (Wildman–Crippen MR) is 145 cm³/mol. The number of rotatable bonds is 6. The molecule has 1 aromatic heterocycles. The molecule has 11 nitrogen and oxygen atoms in total. The number of fused-ring (bicyclic) bond motifs is 1. The first kappa shape index (κ1) is 27.4. The zero-order valence-electron chi connectivity index (χ0n) is 22.0. The number of ether oxygens (including phenoxy) is 3. The molecule has 0 amide bonds. The van der Waals surface area contributed by atoms with Crippen LogP contribution in [0.5, 0.6) is 0 Å². The zero-order chi connectivity index (χ0) is 28.8. The lowest BCUT2D eigenvalue weighted by molar-refractivity contribution is -0.144. The van der Waals surface area contributed by atoms with Crippen molar-refractivity contribution in [3.05, 3.63) is 58.6 Å². The summed E-state index contributed by atoms with van der Waals surface area (Å²) >= 11 is 0.975. The van der Waals surface area contributed by atoms with Crippen molar-refractivity contribution in [3.63, 3.8) is 0 Å². The van der Waals surface area contributed by atoms with Gasteiger partial charge in [-0.05, 0) is 36.4 Å². The first-order valence-electron chi connectivity index (χ1n) is 12.1. The summed E-state index contributed by atoms with van der Waals surface area (Å²) in [6.45, 7) is 1.79. The molecule has 0 radical (unpaired) electrons. The number of methoxy groups -OCH3 is 3. The molecule has 1 saturated heterocycles. The molecule has 5 rings (SSSR count). The van der Waals surface area contributed by atoms with Crippen molar-refractivity contribution in [1.29, 1.82) is 0 Å². The molecule has 3 aliphatic heterocycles. The normalized spacial score (nSPS) is 22.9. The molecule has 13 heteroatoms. The second kappa shape index (κ2) is 10.1. The van der Waals surface area contributed by atoms with Gasteiger partial charge in [0.2, 0.25) is 0 Å². The van der Waals surface area contributed by atoms with Crippen molar-refractivity contribution in [2.24, 2.45) is 4.99 Å². The van der Waals surface area contributed by atoms with Crippen LogP contribution in [0, 0.1) is 11.8 Å². The number of anilines is 1. The van der Waals surface area contributed by atoms with Gasteiger partial charge in [-0.15, -0.1) is 17.3 Å². The maximum atomic E-state index is 14.1. The quantitative estimate of drug-likeness (QED) is 0.284. The van der Waals surface area contributed by atoms with E-state index < -0.39 is 51.1 Å². The van der Waals surface area contributed by atoms with Gasteiger partial charge in [-0.1, -0.05) is 30.2 Å². The van der Waals surface area contributed by atoms with Gasteiger partial charge in [-0.2, -0.15) is 0 Å². The summed E-state index contributed by atoms with van der Waals surface area (Å²) in [4.78, 5) is 46.1. The number of sulfonamides is 1. The number of para-hydroxylation sites is 1. The third kappa shape index (κ3) is 3.74. The van der Waals surface area contributed by atoms with Gasteiger partial charge in [0.15, 0.2) is 5.70 Å². The summed E-state index contributed by atoms with van der Waals surface area (Å²) in [7, 11) is -0.898. The van der Waals surface area contributed by atoms with Crippen LogP contribution in [0.4, 0.5) is 5.69 Å². The number of esters is 3. The average Bonchev–Trinajstić information content (AvgIpc) is 3.69. The van der Waals surface area contributed by atoms with Crippen molar-refractivity contribution in [1.82, 2.24) is 4.31 Å². The fourth-order valence-electron chi connectivity index (χ4n) is 5.80. The Kier molecular flexibility index (Phi) is 6.93. The molecule has 208 valence electrons. The van der Waals surface area contributed by atoms with E-state index in [1.807, 2.05) is 11.0 Å². The molecule has 2 aromatic rings. The number of hydrogen-bond donors (Lipinski definition) is 0. The van der Waals surface area contributed by atoms with Crippen LogP contribution in [-0.4, -0.2) is 76.4 Å². The van der Waals surface area contributed by atoms with Crippen LogP contribution >= 0.6 is 11.3 Å². The first-order chi connectivity index (χ1) is 19.2. The van der Waals surface area contributed by atoms with Gasteiger partial charge in [0.05, 0.1) is 44.9 Å². The number of benzene rings is 1. The summed E-state index contributed by atoms with van der Waals surface area (Å²) in [5.74, 6) is 3.15. The van der Waals surface area contributed by atoms with E-state index in [9.17, 15) is 22.8 Å². The Hall–Kier alpha value is -4.15. The Morgan fingerprint density at radius 2 is 1.80 bits per heavy atom. The van der Waals surface area contributed by atoms with E-state index in [4.69, 9.17) is 14.2 Å². The zero-order valence-corrected chi connectivity index (χ0v) is 23.7. The Labute approximate surface area is 235 Å². The van der Waals surface area contributed by atoms with E-state index in [0.29, 0.717) is 11.3 Å². The average molecular weight is 584 g/mol. The first-order valence-corrected chi connectivity index (χ1v) is 14.4. The Morgan fingerprint density at radius 3 is 2.42 bits per heavy atom. The lowest BCUT2D eigenvalue weighted by Crippen LogP contribution is -2.55. The summed E-state index contributed by atoms with van der Waals surface area (Å²) < 4.78 is 44.3. The molecule has 0 aliphatic carbocycles. The lowest BCUT2D eigenvalue weighted by Gasteiger charge is -2.40. The molecule has 0 saturated carbocycles. The van der Waals surface area contributed by atoms with Crippen LogP contribution in [0.2, 0.25) is 0 Å². The van der Waals surface area contributed by atoms with Crippen LogP contribution < -0.4 is 4.90 Å². The van der Waals surface area contributed by atoms with Gasteiger partial charge in [0.1, 0.15) is 16.1 Å². The molecule has 4 heterocycles. The SMILES string of the molecule is CC#CCN1c2ccccc2[C@]23C[C@@H](C(=O)OC)N(S(=O)(=O)c4cccs4)C2=NC(C(=O)OC)=C(C(=O)OC)[C@H]13. The number of hydrogen-bond acceptors (Lipinski definition) is 11. The molecule has 40 heavy (non-hydrogen) atoms. The minimum absolute atomic E-state index is 0.0277.